The number of nitrogens with zero attached hydrogens (tertiary/aromatic N) is 1. The highest BCUT2D eigenvalue weighted by molar-refractivity contribution is 7.90. The smallest absolute Gasteiger partial charge is 0.416 e. The predicted octanol–water partition coefficient (Wildman–Crippen LogP) is 7.93. The van der Waals surface area contributed by atoms with Gasteiger partial charge >= 0.3 is 12.1 Å². The van der Waals surface area contributed by atoms with Gasteiger partial charge in [0.15, 0.2) is 0 Å². The molecule has 0 radical (unpaired) electrons. The van der Waals surface area contributed by atoms with Crippen molar-refractivity contribution in [1.29, 1.82) is 0 Å². The number of hydrogen-bond donors (Lipinski definition) is 1. The highest BCUT2D eigenvalue weighted by Gasteiger charge is 2.40. The van der Waals surface area contributed by atoms with Crippen molar-refractivity contribution in [3.05, 3.63) is 98.7 Å². The average Bonchev–Trinajstić information content (AvgIpc) is 3.25. The van der Waals surface area contributed by atoms with Crippen LogP contribution < -0.4 is 0 Å². The van der Waals surface area contributed by atoms with E-state index < -0.39 is 33.1 Å². The Morgan fingerprint density at radius 3 is 2.21 bits per heavy atom. The van der Waals surface area contributed by atoms with Gasteiger partial charge in [-0.05, 0) is 68.3 Å². The van der Waals surface area contributed by atoms with Crippen molar-refractivity contribution in [2.45, 2.75) is 43.7 Å². The molecule has 0 spiro atoms. The lowest BCUT2D eigenvalue weighted by Crippen LogP contribution is -2.30. The van der Waals surface area contributed by atoms with Crippen LogP contribution in [0.3, 0.4) is 0 Å². The number of carboxylic acids is 1. The number of halogens is 5. The lowest BCUT2D eigenvalue weighted by Gasteiger charge is -2.32. The van der Waals surface area contributed by atoms with E-state index in [1.807, 2.05) is 0 Å². The molecule has 11 heteroatoms. The first-order valence-electron chi connectivity index (χ1n) is 11.4. The van der Waals surface area contributed by atoms with Crippen molar-refractivity contribution in [2.75, 3.05) is 0 Å². The first kappa shape index (κ1) is 28.0. The van der Waals surface area contributed by atoms with E-state index in [1.54, 1.807) is 19.9 Å². The molecular weight excluding hydrogens is 562 g/mol. The molecule has 1 heterocycles. The van der Waals surface area contributed by atoms with Crippen LogP contribution in [0.5, 0.6) is 0 Å². The zero-order valence-corrected chi connectivity index (χ0v) is 22.7. The van der Waals surface area contributed by atoms with Crippen LogP contribution in [-0.4, -0.2) is 23.5 Å². The van der Waals surface area contributed by atoms with E-state index >= 15 is 0 Å². The number of alkyl halides is 3. The number of rotatable bonds is 6. The van der Waals surface area contributed by atoms with E-state index in [-0.39, 0.29) is 54.6 Å². The van der Waals surface area contributed by atoms with Gasteiger partial charge in [0.1, 0.15) is 0 Å². The first-order valence-corrected chi connectivity index (χ1v) is 13.6. The fraction of sp³-hybridized carbons (Fsp3) is 0.222. The second-order valence-electron chi connectivity index (χ2n) is 9.12. The maximum atomic E-state index is 14.1. The molecule has 1 unspecified atom stereocenters. The second-order valence-corrected chi connectivity index (χ2v) is 11.7. The molecule has 4 aromatic rings. The Kier molecular flexibility index (Phi) is 7.10. The molecule has 1 aromatic heterocycles. The summed E-state index contributed by atoms with van der Waals surface area (Å²) in [6.45, 7) is 4.77. The van der Waals surface area contributed by atoms with Crippen molar-refractivity contribution < 1.29 is 31.5 Å². The number of carbonyl (C=O) groups is 1. The molecular formula is C27H22Cl2F3NO4S. The van der Waals surface area contributed by atoms with Crippen molar-refractivity contribution in [1.82, 2.24) is 3.97 Å². The van der Waals surface area contributed by atoms with Crippen molar-refractivity contribution in [2.24, 2.45) is 0 Å². The third kappa shape index (κ3) is 4.46. The molecule has 0 aliphatic carbocycles. The van der Waals surface area contributed by atoms with Gasteiger partial charge in [0.05, 0.1) is 26.6 Å². The molecule has 0 saturated carbocycles. The maximum Gasteiger partial charge on any atom is 0.416 e. The van der Waals surface area contributed by atoms with Crippen LogP contribution in [0.15, 0.2) is 65.6 Å². The van der Waals surface area contributed by atoms with Gasteiger partial charge in [0.25, 0.3) is 10.0 Å². The Balaban J connectivity index is 2.20. The third-order valence-electron chi connectivity index (χ3n) is 6.80. The van der Waals surface area contributed by atoms with Crippen LogP contribution >= 0.6 is 23.2 Å². The zero-order valence-electron chi connectivity index (χ0n) is 20.4. The lowest BCUT2D eigenvalue weighted by atomic mass is 9.76. The molecule has 0 fully saturated rings. The Bertz CT molecular complexity index is 1680. The van der Waals surface area contributed by atoms with Crippen LogP contribution in [0.4, 0.5) is 13.2 Å². The second kappa shape index (κ2) is 9.63. The van der Waals surface area contributed by atoms with Crippen molar-refractivity contribution in [3.63, 3.8) is 0 Å². The van der Waals surface area contributed by atoms with Crippen LogP contribution in [-0.2, 0) is 21.6 Å². The van der Waals surface area contributed by atoms with Gasteiger partial charge in [0, 0.05) is 27.1 Å². The molecule has 5 nitrogen and oxygen atoms in total. The van der Waals surface area contributed by atoms with E-state index in [1.165, 1.54) is 49.4 Å². The van der Waals surface area contributed by atoms with Gasteiger partial charge in [-0.1, -0.05) is 48.3 Å². The molecule has 200 valence electrons. The summed E-state index contributed by atoms with van der Waals surface area (Å²) >= 11 is 13.1. The minimum Gasteiger partial charge on any atom is -0.478 e. The molecule has 38 heavy (non-hydrogen) atoms. The third-order valence-corrected chi connectivity index (χ3v) is 9.23. The molecule has 0 bridgehead atoms. The van der Waals surface area contributed by atoms with E-state index in [0.29, 0.717) is 0 Å². The molecule has 0 aliphatic heterocycles. The Morgan fingerprint density at radius 1 is 1.03 bits per heavy atom. The quantitative estimate of drug-likeness (QED) is 0.250. The number of aromatic carboxylic acids is 1. The Hall–Kier alpha value is -3.01. The predicted molar refractivity (Wildman–Crippen MR) is 141 cm³/mol. The summed E-state index contributed by atoms with van der Waals surface area (Å²) in [5, 5.41) is 9.60. The molecule has 0 amide bonds. The molecule has 4 rings (SSSR count). The van der Waals surface area contributed by atoms with Crippen molar-refractivity contribution in [3.8, 4) is 0 Å². The summed E-state index contributed by atoms with van der Waals surface area (Å²) < 4.78 is 70.2. The van der Waals surface area contributed by atoms with Gasteiger partial charge < -0.3 is 5.11 Å². The molecule has 0 saturated heterocycles. The fourth-order valence-corrected chi connectivity index (χ4v) is 7.31. The highest BCUT2D eigenvalue weighted by Crippen LogP contribution is 2.47. The Morgan fingerprint density at radius 2 is 1.66 bits per heavy atom. The summed E-state index contributed by atoms with van der Waals surface area (Å²) in [5.41, 5.74) is -2.09. The normalized spacial score (nSPS) is 14.0. The fourth-order valence-electron chi connectivity index (χ4n) is 4.72. The number of carboxylic acid groups (broad SMARTS) is 1. The van der Waals surface area contributed by atoms with Gasteiger partial charge in [-0.2, -0.15) is 13.2 Å². The van der Waals surface area contributed by atoms with Gasteiger partial charge in [-0.15, -0.1) is 0 Å². The molecule has 1 N–H and O–H groups in total. The minimum absolute atomic E-state index is 0.0492. The molecule has 1 atom stereocenters. The SMILES string of the molecule is CCC(C)(c1c(Cl)ccc(C(=O)O)c1Cl)c1cc2cc(C(F)(F)F)cc(C)c2n1S(=O)(=O)c1ccccc1. The summed E-state index contributed by atoms with van der Waals surface area (Å²) in [7, 11) is -4.34. The van der Waals surface area contributed by atoms with E-state index in [2.05, 4.69) is 0 Å². The lowest BCUT2D eigenvalue weighted by molar-refractivity contribution is -0.137. The number of aromatic nitrogens is 1. The molecule has 3 aromatic carbocycles. The standard InChI is InChI=1S/C27H22Cl2F3NO4S/c1-4-26(3,22-20(28)11-10-19(23(22)29)25(34)35)21-14-16-13-17(27(30,31)32)12-15(2)24(16)33(21)38(36,37)18-8-6-5-7-9-18/h5-14H,4H2,1-3H3,(H,34,35). The van der Waals surface area contributed by atoms with Crippen LogP contribution in [0.1, 0.15) is 53.0 Å². The van der Waals surface area contributed by atoms with Crippen LogP contribution in [0, 0.1) is 6.92 Å². The largest absolute Gasteiger partial charge is 0.478 e. The number of aryl methyl sites for hydroxylation is 1. The number of fused-ring (bicyclic) bond motifs is 1. The topological polar surface area (TPSA) is 76.4 Å². The minimum atomic E-state index is -4.66. The summed E-state index contributed by atoms with van der Waals surface area (Å²) in [5.74, 6) is -1.31. The Labute approximate surface area is 227 Å². The highest BCUT2D eigenvalue weighted by atomic mass is 35.5. The maximum absolute atomic E-state index is 14.1. The van der Waals surface area contributed by atoms with E-state index in [4.69, 9.17) is 23.2 Å². The van der Waals surface area contributed by atoms with E-state index in [9.17, 15) is 31.5 Å². The van der Waals surface area contributed by atoms with Gasteiger partial charge in [-0.25, -0.2) is 17.2 Å². The van der Waals surface area contributed by atoms with Crippen LogP contribution in [0.2, 0.25) is 10.0 Å². The first-order chi connectivity index (χ1) is 17.6. The average molecular weight is 584 g/mol. The monoisotopic (exact) mass is 583 g/mol. The van der Waals surface area contributed by atoms with E-state index in [0.717, 1.165) is 16.1 Å². The number of benzene rings is 3. The van der Waals surface area contributed by atoms with Crippen molar-refractivity contribution >= 4 is 50.1 Å². The van der Waals surface area contributed by atoms with Gasteiger partial charge in [-0.3, -0.25) is 0 Å². The zero-order chi connectivity index (χ0) is 28.2. The van der Waals surface area contributed by atoms with Gasteiger partial charge in [0.2, 0.25) is 0 Å². The number of hydrogen-bond acceptors (Lipinski definition) is 3. The summed E-state index contributed by atoms with van der Waals surface area (Å²) in [6.07, 6.45) is -4.47. The van der Waals surface area contributed by atoms with Crippen LogP contribution in [0.25, 0.3) is 10.9 Å². The molecule has 0 aliphatic rings. The summed E-state index contributed by atoms with van der Waals surface area (Å²) in [4.78, 5) is 11.8. The summed E-state index contributed by atoms with van der Waals surface area (Å²) in [6, 6.07) is 13.3.